The lowest BCUT2D eigenvalue weighted by Crippen LogP contribution is -2.46. The molecule has 3 N–H and O–H groups in total. The third kappa shape index (κ3) is 5.66. The molecule has 0 saturated heterocycles. The fraction of sp³-hybridized carbons (Fsp3) is 0.588. The number of thioether (sulfide) groups is 1. The predicted molar refractivity (Wildman–Crippen MR) is 106 cm³/mol. The molecule has 3 nitrogen and oxygen atoms in total. The van der Waals surface area contributed by atoms with Crippen molar-refractivity contribution in [1.29, 1.82) is 0 Å². The van der Waals surface area contributed by atoms with Crippen LogP contribution in [0.1, 0.15) is 37.7 Å². The highest BCUT2D eigenvalue weighted by Crippen LogP contribution is 2.41. The molecule has 1 amide bonds. The van der Waals surface area contributed by atoms with Gasteiger partial charge in [0.1, 0.15) is 0 Å². The van der Waals surface area contributed by atoms with Crippen molar-refractivity contribution in [3.05, 3.63) is 34.3 Å². The Balaban J connectivity index is 0.00000264. The second-order valence-electron chi connectivity index (χ2n) is 6.10. The summed E-state index contributed by atoms with van der Waals surface area (Å²) in [5.41, 5.74) is 7.35. The third-order valence-electron chi connectivity index (χ3n) is 4.57. The lowest BCUT2D eigenvalue weighted by atomic mass is 9.79. The van der Waals surface area contributed by atoms with Crippen LogP contribution in [0.5, 0.6) is 0 Å². The zero-order valence-corrected chi connectivity index (χ0v) is 16.7. The molecule has 1 saturated carbocycles. The number of rotatable bonds is 7. The van der Waals surface area contributed by atoms with E-state index in [1.165, 1.54) is 18.4 Å². The largest absolute Gasteiger partial charge is 0.354 e. The van der Waals surface area contributed by atoms with Crippen LogP contribution in [-0.2, 0) is 10.2 Å². The van der Waals surface area contributed by atoms with Gasteiger partial charge in [-0.25, -0.2) is 0 Å². The van der Waals surface area contributed by atoms with Crippen LogP contribution in [0, 0.1) is 0 Å². The quantitative estimate of drug-likeness (QED) is 0.702. The van der Waals surface area contributed by atoms with Crippen molar-refractivity contribution < 1.29 is 4.79 Å². The first kappa shape index (κ1) is 20.8. The Morgan fingerprint density at radius 2 is 2.13 bits per heavy atom. The molecule has 1 aromatic rings. The lowest BCUT2D eigenvalue weighted by molar-refractivity contribution is -0.122. The van der Waals surface area contributed by atoms with Crippen LogP contribution in [0.3, 0.4) is 0 Å². The first-order valence-corrected chi connectivity index (χ1v) is 10.0. The van der Waals surface area contributed by atoms with Gasteiger partial charge >= 0.3 is 0 Å². The van der Waals surface area contributed by atoms with Crippen molar-refractivity contribution in [3.63, 3.8) is 0 Å². The SMILES string of the molecule is CSCCC(N)C(=O)NCC1(c2cccc(Br)c2)CCCC1.Cl. The number of nitrogens with two attached hydrogens (primary N) is 1. The number of benzene rings is 1. The van der Waals surface area contributed by atoms with Crippen LogP contribution in [0.2, 0.25) is 0 Å². The molecule has 1 unspecified atom stereocenters. The van der Waals surface area contributed by atoms with Crippen molar-refractivity contribution in [2.24, 2.45) is 5.73 Å². The van der Waals surface area contributed by atoms with E-state index < -0.39 is 6.04 Å². The van der Waals surface area contributed by atoms with Gasteiger partial charge in [0.25, 0.3) is 0 Å². The van der Waals surface area contributed by atoms with Crippen molar-refractivity contribution in [2.45, 2.75) is 43.6 Å². The highest BCUT2D eigenvalue weighted by molar-refractivity contribution is 9.10. The maximum absolute atomic E-state index is 12.2. The molecule has 1 aromatic carbocycles. The highest BCUT2D eigenvalue weighted by Gasteiger charge is 2.36. The van der Waals surface area contributed by atoms with Crippen LogP contribution < -0.4 is 11.1 Å². The van der Waals surface area contributed by atoms with E-state index in [9.17, 15) is 4.79 Å². The van der Waals surface area contributed by atoms with E-state index in [1.54, 1.807) is 11.8 Å². The molecule has 130 valence electrons. The third-order valence-corrected chi connectivity index (χ3v) is 5.71. The van der Waals surface area contributed by atoms with E-state index in [2.05, 4.69) is 39.4 Å². The molecule has 2 rings (SSSR count). The fourth-order valence-electron chi connectivity index (χ4n) is 3.20. The molecule has 0 heterocycles. The molecular formula is C17H26BrClN2OS. The highest BCUT2D eigenvalue weighted by atomic mass is 79.9. The van der Waals surface area contributed by atoms with E-state index in [-0.39, 0.29) is 23.7 Å². The predicted octanol–water partition coefficient (Wildman–Crippen LogP) is 3.88. The van der Waals surface area contributed by atoms with Gasteiger partial charge in [-0.2, -0.15) is 11.8 Å². The van der Waals surface area contributed by atoms with Gasteiger partial charge in [-0.15, -0.1) is 12.4 Å². The van der Waals surface area contributed by atoms with Crippen LogP contribution in [0.25, 0.3) is 0 Å². The molecule has 1 fully saturated rings. The fourth-order valence-corrected chi connectivity index (χ4v) is 4.09. The molecule has 6 heteroatoms. The van der Waals surface area contributed by atoms with Crippen molar-refractivity contribution in [1.82, 2.24) is 5.32 Å². The summed E-state index contributed by atoms with van der Waals surface area (Å²) in [6, 6.07) is 8.09. The molecule has 1 aliphatic rings. The Labute approximate surface area is 158 Å². The van der Waals surface area contributed by atoms with E-state index in [4.69, 9.17) is 5.73 Å². The molecule has 1 atom stereocenters. The summed E-state index contributed by atoms with van der Waals surface area (Å²) in [5, 5.41) is 3.10. The number of nitrogens with one attached hydrogen (secondary N) is 1. The molecule has 0 aliphatic heterocycles. The van der Waals surface area contributed by atoms with Gasteiger partial charge in [0.15, 0.2) is 0 Å². The number of halogens is 2. The second kappa shape index (κ2) is 9.92. The zero-order chi connectivity index (χ0) is 16.0. The topological polar surface area (TPSA) is 55.1 Å². The molecule has 0 radical (unpaired) electrons. The van der Waals surface area contributed by atoms with Gasteiger partial charge < -0.3 is 11.1 Å². The monoisotopic (exact) mass is 420 g/mol. The first-order valence-electron chi connectivity index (χ1n) is 7.86. The van der Waals surface area contributed by atoms with E-state index in [1.807, 2.05) is 12.3 Å². The van der Waals surface area contributed by atoms with Crippen molar-refractivity contribution in [2.75, 3.05) is 18.6 Å². The van der Waals surface area contributed by atoms with Crippen LogP contribution in [0.15, 0.2) is 28.7 Å². The minimum absolute atomic E-state index is 0. The summed E-state index contributed by atoms with van der Waals surface area (Å²) in [4.78, 5) is 12.2. The summed E-state index contributed by atoms with van der Waals surface area (Å²) in [7, 11) is 0. The molecule has 23 heavy (non-hydrogen) atoms. The van der Waals surface area contributed by atoms with E-state index in [0.717, 1.165) is 29.5 Å². The minimum Gasteiger partial charge on any atom is -0.354 e. The Hall–Kier alpha value is -0.230. The average Bonchev–Trinajstić information content (AvgIpc) is 3.00. The van der Waals surface area contributed by atoms with Crippen LogP contribution >= 0.6 is 40.1 Å². The lowest BCUT2D eigenvalue weighted by Gasteiger charge is -2.30. The van der Waals surface area contributed by atoms with Crippen LogP contribution in [0.4, 0.5) is 0 Å². The molecular weight excluding hydrogens is 396 g/mol. The van der Waals surface area contributed by atoms with Crippen LogP contribution in [-0.4, -0.2) is 30.5 Å². The van der Waals surface area contributed by atoms with Gasteiger partial charge in [0.05, 0.1) is 6.04 Å². The number of hydrogen-bond acceptors (Lipinski definition) is 3. The van der Waals surface area contributed by atoms with Gasteiger partial charge in [-0.05, 0) is 49.0 Å². The number of amides is 1. The number of hydrogen-bond donors (Lipinski definition) is 2. The molecule has 0 spiro atoms. The Morgan fingerprint density at radius 3 is 2.74 bits per heavy atom. The van der Waals surface area contributed by atoms with Gasteiger partial charge in [0.2, 0.25) is 5.91 Å². The Morgan fingerprint density at radius 1 is 1.43 bits per heavy atom. The van der Waals surface area contributed by atoms with Gasteiger partial charge in [-0.3, -0.25) is 4.79 Å². The number of carbonyl (C=O) groups is 1. The Bertz CT molecular complexity index is 509. The molecule has 1 aliphatic carbocycles. The van der Waals surface area contributed by atoms with Crippen molar-refractivity contribution >= 4 is 46.0 Å². The standard InChI is InChI=1S/C17H25BrN2OS.ClH/c1-22-10-7-15(19)16(21)20-12-17(8-2-3-9-17)13-5-4-6-14(18)11-13;/h4-6,11,15H,2-3,7-10,12,19H2,1H3,(H,20,21);1H. The average molecular weight is 422 g/mol. The molecule has 0 bridgehead atoms. The maximum Gasteiger partial charge on any atom is 0.236 e. The maximum atomic E-state index is 12.2. The van der Waals surface area contributed by atoms with E-state index >= 15 is 0 Å². The first-order chi connectivity index (χ1) is 10.6. The summed E-state index contributed by atoms with van der Waals surface area (Å²) in [6.07, 6.45) is 7.47. The Kier molecular flexibility index (Phi) is 8.98. The zero-order valence-electron chi connectivity index (χ0n) is 13.5. The van der Waals surface area contributed by atoms with E-state index in [0.29, 0.717) is 6.54 Å². The minimum atomic E-state index is -0.395. The summed E-state index contributed by atoms with van der Waals surface area (Å²) in [6.45, 7) is 0.690. The normalized spacial score (nSPS) is 17.3. The smallest absolute Gasteiger partial charge is 0.236 e. The summed E-state index contributed by atoms with van der Waals surface area (Å²) < 4.78 is 1.10. The molecule has 0 aromatic heterocycles. The second-order valence-corrected chi connectivity index (χ2v) is 8.00. The van der Waals surface area contributed by atoms with Gasteiger partial charge in [0, 0.05) is 16.4 Å². The summed E-state index contributed by atoms with van der Waals surface area (Å²) >= 11 is 5.28. The van der Waals surface area contributed by atoms with Crippen molar-refractivity contribution in [3.8, 4) is 0 Å². The summed E-state index contributed by atoms with van der Waals surface area (Å²) in [5.74, 6) is 0.904. The number of carbonyl (C=O) groups excluding carboxylic acids is 1. The van der Waals surface area contributed by atoms with Gasteiger partial charge in [-0.1, -0.05) is 40.9 Å².